The Hall–Kier alpha value is -3.56. The van der Waals surface area contributed by atoms with Crippen LogP contribution in [0.3, 0.4) is 0 Å². The zero-order valence-corrected chi connectivity index (χ0v) is 19.5. The van der Waals surface area contributed by atoms with Gasteiger partial charge in [-0.15, -0.1) is 0 Å². The Labute approximate surface area is 202 Å². The molecule has 0 bridgehead atoms. The van der Waals surface area contributed by atoms with E-state index in [0.717, 1.165) is 22.8 Å². The first-order valence-corrected chi connectivity index (χ1v) is 11.7. The largest absolute Gasteiger partial charge is 0.497 e. The zero-order chi connectivity index (χ0) is 24.7. The third kappa shape index (κ3) is 4.21. The van der Waals surface area contributed by atoms with E-state index in [2.05, 4.69) is 10.2 Å². The molecular weight excluding hydrogens is 450 g/mol. The van der Waals surface area contributed by atoms with Crippen molar-refractivity contribution in [2.24, 2.45) is 0 Å². The van der Waals surface area contributed by atoms with Gasteiger partial charge in [0.15, 0.2) is 0 Å². The van der Waals surface area contributed by atoms with Gasteiger partial charge in [0.1, 0.15) is 11.8 Å². The number of piperidine rings is 2. The van der Waals surface area contributed by atoms with Crippen molar-refractivity contribution in [1.29, 1.82) is 0 Å². The Bertz CT molecular complexity index is 1220. The minimum atomic E-state index is -1.12. The highest BCUT2D eigenvalue weighted by Gasteiger charge is 2.45. The van der Waals surface area contributed by atoms with Crippen LogP contribution >= 0.6 is 0 Å². The molecule has 4 amide bonds. The molecule has 0 aliphatic carbocycles. The molecule has 3 aliphatic rings. The number of benzene rings is 2. The zero-order valence-electron chi connectivity index (χ0n) is 19.5. The van der Waals surface area contributed by atoms with Crippen LogP contribution in [-0.2, 0) is 21.7 Å². The van der Waals surface area contributed by atoms with Crippen molar-refractivity contribution in [2.45, 2.75) is 43.9 Å². The maximum Gasteiger partial charge on any atom is 0.262 e. The lowest BCUT2D eigenvalue weighted by molar-refractivity contribution is -0.136. The molecule has 2 fully saturated rings. The highest BCUT2D eigenvalue weighted by atomic mass is 16.5. The second kappa shape index (κ2) is 8.90. The fourth-order valence-corrected chi connectivity index (χ4v) is 5.16. The van der Waals surface area contributed by atoms with Gasteiger partial charge in [-0.2, -0.15) is 0 Å². The third-order valence-corrected chi connectivity index (χ3v) is 7.20. The van der Waals surface area contributed by atoms with E-state index in [-0.39, 0.29) is 24.0 Å². The molecular formula is C26H27N3O6. The average Bonchev–Trinajstić information content (AvgIpc) is 3.10. The molecule has 1 atom stereocenters. The quantitative estimate of drug-likeness (QED) is 0.628. The lowest BCUT2D eigenvalue weighted by Gasteiger charge is -2.38. The second-order valence-corrected chi connectivity index (χ2v) is 9.37. The van der Waals surface area contributed by atoms with Crippen LogP contribution in [-0.4, -0.2) is 64.8 Å². The highest BCUT2D eigenvalue weighted by Crippen LogP contribution is 2.37. The number of rotatable bonds is 5. The van der Waals surface area contributed by atoms with Crippen LogP contribution < -0.4 is 10.1 Å². The van der Waals surface area contributed by atoms with E-state index in [1.54, 1.807) is 25.3 Å². The minimum absolute atomic E-state index is 0.0705. The fraction of sp³-hybridized carbons (Fsp3) is 0.385. The van der Waals surface area contributed by atoms with Crippen LogP contribution in [0.15, 0.2) is 42.5 Å². The topological polar surface area (TPSA) is 116 Å². The molecule has 182 valence electrons. The van der Waals surface area contributed by atoms with Crippen LogP contribution in [0.2, 0.25) is 0 Å². The molecule has 2 N–H and O–H groups in total. The van der Waals surface area contributed by atoms with Crippen molar-refractivity contribution in [3.8, 4) is 5.75 Å². The van der Waals surface area contributed by atoms with Gasteiger partial charge < -0.3 is 9.84 Å². The number of hydrogen-bond donors (Lipinski definition) is 2. The monoisotopic (exact) mass is 477 g/mol. The average molecular weight is 478 g/mol. The van der Waals surface area contributed by atoms with Crippen molar-refractivity contribution in [1.82, 2.24) is 15.1 Å². The number of methoxy groups -OCH3 is 1. The molecule has 0 radical (unpaired) electrons. The minimum Gasteiger partial charge on any atom is -0.497 e. The number of likely N-dealkylation sites (tertiary alicyclic amines) is 1. The molecule has 9 nitrogen and oxygen atoms in total. The Morgan fingerprint density at radius 2 is 1.77 bits per heavy atom. The number of fused-ring (bicyclic) bond motifs is 1. The van der Waals surface area contributed by atoms with Crippen LogP contribution in [0.4, 0.5) is 0 Å². The van der Waals surface area contributed by atoms with E-state index in [1.807, 2.05) is 24.3 Å². The van der Waals surface area contributed by atoms with E-state index in [1.165, 1.54) is 0 Å². The van der Waals surface area contributed by atoms with E-state index < -0.39 is 35.3 Å². The maximum atomic E-state index is 13.1. The molecule has 0 saturated carbocycles. The number of carbonyl (C=O) groups excluding carboxylic acids is 4. The first-order valence-electron chi connectivity index (χ1n) is 11.7. The molecule has 0 aromatic heterocycles. The molecule has 3 aliphatic heterocycles. The van der Waals surface area contributed by atoms with Gasteiger partial charge in [-0.25, -0.2) is 0 Å². The standard InChI is InChI=1S/C26H27N3O6/c1-35-18-4-2-3-16(13-18)15-28-11-9-26(34,10-12-28)17-5-6-19-20(14-17)25(33)29(24(19)32)21-7-8-22(30)27-23(21)31/h2-6,13-14,21,34H,7-12,15H2,1H3,(H,27,30,31). The Morgan fingerprint density at radius 3 is 2.49 bits per heavy atom. The molecule has 5 rings (SSSR count). The number of aliphatic hydroxyl groups is 1. The van der Waals surface area contributed by atoms with Crippen molar-refractivity contribution in [3.05, 3.63) is 64.7 Å². The van der Waals surface area contributed by atoms with Gasteiger partial charge in [0.25, 0.3) is 11.8 Å². The number of nitrogens with one attached hydrogen (secondary N) is 1. The van der Waals surface area contributed by atoms with Gasteiger partial charge in [0, 0.05) is 26.1 Å². The summed E-state index contributed by atoms with van der Waals surface area (Å²) < 4.78 is 5.29. The Morgan fingerprint density at radius 1 is 1.03 bits per heavy atom. The number of hydrogen-bond acceptors (Lipinski definition) is 7. The third-order valence-electron chi connectivity index (χ3n) is 7.20. The maximum absolute atomic E-state index is 13.1. The molecule has 2 aromatic rings. The van der Waals surface area contributed by atoms with Crippen LogP contribution in [0.1, 0.15) is 57.5 Å². The predicted molar refractivity (Wildman–Crippen MR) is 125 cm³/mol. The fourth-order valence-electron chi connectivity index (χ4n) is 5.16. The Balaban J connectivity index is 1.30. The molecule has 1 unspecified atom stereocenters. The number of amides is 4. The smallest absolute Gasteiger partial charge is 0.262 e. The highest BCUT2D eigenvalue weighted by molar-refractivity contribution is 6.23. The van der Waals surface area contributed by atoms with Crippen molar-refractivity contribution < 1.29 is 29.0 Å². The van der Waals surface area contributed by atoms with Gasteiger partial charge >= 0.3 is 0 Å². The summed E-state index contributed by atoms with van der Waals surface area (Å²) in [6, 6.07) is 11.7. The molecule has 0 spiro atoms. The normalized spacial score (nSPS) is 22.2. The number of nitrogens with zero attached hydrogens (tertiary/aromatic N) is 2. The summed E-state index contributed by atoms with van der Waals surface area (Å²) in [5.41, 5.74) is 0.992. The SMILES string of the molecule is COc1cccc(CN2CCC(O)(c3ccc4c(c3)C(=O)N(C3CCC(=O)NC3=O)C4=O)CC2)c1. The number of imide groups is 2. The molecule has 9 heteroatoms. The summed E-state index contributed by atoms with van der Waals surface area (Å²) in [4.78, 5) is 53.0. The first-order chi connectivity index (χ1) is 16.8. The first kappa shape index (κ1) is 23.2. The van der Waals surface area contributed by atoms with Gasteiger partial charge in [-0.3, -0.25) is 34.3 Å². The van der Waals surface area contributed by atoms with Crippen molar-refractivity contribution in [2.75, 3.05) is 20.2 Å². The van der Waals surface area contributed by atoms with Gasteiger partial charge in [0.2, 0.25) is 11.8 Å². The molecule has 2 aromatic carbocycles. The molecule has 2 saturated heterocycles. The number of ether oxygens (including phenoxy) is 1. The summed E-state index contributed by atoms with van der Waals surface area (Å²) in [6.07, 6.45) is 1.14. The Kier molecular flexibility index (Phi) is 5.90. The summed E-state index contributed by atoms with van der Waals surface area (Å²) in [7, 11) is 1.64. The molecule has 35 heavy (non-hydrogen) atoms. The van der Waals surface area contributed by atoms with Crippen LogP contribution in [0.5, 0.6) is 5.75 Å². The van der Waals surface area contributed by atoms with Gasteiger partial charge in [-0.1, -0.05) is 18.2 Å². The van der Waals surface area contributed by atoms with Gasteiger partial charge in [0.05, 0.1) is 23.8 Å². The van der Waals surface area contributed by atoms with Crippen molar-refractivity contribution >= 4 is 23.6 Å². The summed E-state index contributed by atoms with van der Waals surface area (Å²) in [5.74, 6) is -1.37. The molecule has 3 heterocycles. The number of carbonyl (C=O) groups is 4. The van der Waals surface area contributed by atoms with E-state index in [4.69, 9.17) is 4.74 Å². The van der Waals surface area contributed by atoms with E-state index >= 15 is 0 Å². The van der Waals surface area contributed by atoms with E-state index in [9.17, 15) is 24.3 Å². The van der Waals surface area contributed by atoms with Crippen LogP contribution in [0, 0.1) is 0 Å². The van der Waals surface area contributed by atoms with E-state index in [0.29, 0.717) is 31.5 Å². The summed E-state index contributed by atoms with van der Waals surface area (Å²) in [6.45, 7) is 2.07. The second-order valence-electron chi connectivity index (χ2n) is 9.37. The van der Waals surface area contributed by atoms with Gasteiger partial charge in [-0.05, 0) is 54.7 Å². The predicted octanol–water partition coefficient (Wildman–Crippen LogP) is 1.58. The summed E-state index contributed by atoms with van der Waals surface area (Å²) in [5, 5.41) is 13.6. The van der Waals surface area contributed by atoms with Crippen LogP contribution in [0.25, 0.3) is 0 Å². The lowest BCUT2D eigenvalue weighted by atomic mass is 9.83. The van der Waals surface area contributed by atoms with Crippen molar-refractivity contribution in [3.63, 3.8) is 0 Å². The lowest BCUT2D eigenvalue weighted by Crippen LogP contribution is -2.54. The summed E-state index contributed by atoms with van der Waals surface area (Å²) >= 11 is 0.